The SMILES string of the molecule is CC(C)(C)OC(=O)CCCn1ccc2c1ccc[n+]2CC1=C(C(=O)O)N2C(=O)C(NC(=O)C(=NOC3(C(=O)O)CC3)c3nc(N)sc3Cl)C2SC1. The van der Waals surface area contributed by atoms with Crippen LogP contribution in [0.1, 0.15) is 52.1 Å². The number of carbonyl (C=O) groups excluding carboxylic acids is 3. The molecular weight excluding hydrogens is 726 g/mol. The van der Waals surface area contributed by atoms with Crippen molar-refractivity contribution in [3.8, 4) is 0 Å². The summed E-state index contributed by atoms with van der Waals surface area (Å²) < 4.78 is 9.32. The standard InChI is InChI=1S/C32H34ClN7O9S2/c1-31(2,3)48-19(41)7-5-11-38-13-8-18-17(38)6-4-12-39(18)14-16-15-50-27-22(26(43)40(27)23(16)28(44)45)35-25(42)21(20-24(33)51-30(34)36-20)37-49-32(9-10-32)29(46)47/h4,6,8,12-13,22,27H,5,7,9-11,14-15H2,1-3H3,(H4-,34,35,36,42,44,45,46,47)/p+1. The molecule has 3 aromatic rings. The number of halogens is 1. The van der Waals surface area contributed by atoms with E-state index < -0.39 is 52.1 Å². The number of hydrogen-bond donors (Lipinski definition) is 4. The largest absolute Gasteiger partial charge is 0.478 e. The number of ether oxygens (including phenoxy) is 1. The minimum Gasteiger partial charge on any atom is -0.478 e. The molecule has 2 amide bonds. The molecule has 2 aliphatic heterocycles. The summed E-state index contributed by atoms with van der Waals surface area (Å²) in [5, 5.41) is 25.4. The van der Waals surface area contributed by atoms with E-state index in [1.54, 1.807) is 0 Å². The molecule has 3 aliphatic rings. The molecule has 1 aliphatic carbocycles. The smallest absolute Gasteiger partial charge is 0.352 e. The number of nitrogens with one attached hydrogen (secondary N) is 1. The van der Waals surface area contributed by atoms with Crippen molar-refractivity contribution in [1.29, 1.82) is 0 Å². The number of carboxylic acids is 2. The third kappa shape index (κ3) is 7.38. The molecule has 2 atom stereocenters. The van der Waals surface area contributed by atoms with Crippen LogP contribution in [-0.4, -0.2) is 88.5 Å². The number of thiazole rings is 1. The van der Waals surface area contributed by atoms with Crippen LogP contribution in [0.3, 0.4) is 0 Å². The third-order valence-electron chi connectivity index (χ3n) is 8.36. The lowest BCUT2D eigenvalue weighted by molar-refractivity contribution is -0.663. The number of carboxylic acid groups (broad SMARTS) is 2. The van der Waals surface area contributed by atoms with Gasteiger partial charge in [-0.25, -0.2) is 14.6 Å². The molecule has 270 valence electrons. The summed E-state index contributed by atoms with van der Waals surface area (Å²) in [5.74, 6) is -4.12. The first-order valence-electron chi connectivity index (χ1n) is 15.9. The fourth-order valence-corrected chi connectivity index (χ4v) is 8.06. The topological polar surface area (TPSA) is 220 Å². The molecular formula is C32H35ClN7O9S2+. The fraction of sp³-hybridized carbons (Fsp3) is 0.438. The van der Waals surface area contributed by atoms with Crippen molar-refractivity contribution in [1.82, 2.24) is 19.8 Å². The summed E-state index contributed by atoms with van der Waals surface area (Å²) in [7, 11) is 0. The number of fused-ring (bicyclic) bond motifs is 2. The van der Waals surface area contributed by atoms with Gasteiger partial charge in [0.1, 0.15) is 38.3 Å². The zero-order valence-corrected chi connectivity index (χ0v) is 30.1. The molecule has 1 saturated carbocycles. The number of pyridine rings is 1. The van der Waals surface area contributed by atoms with E-state index in [4.69, 9.17) is 26.9 Å². The maximum absolute atomic E-state index is 13.5. The molecule has 0 radical (unpaired) electrons. The molecule has 5 heterocycles. The van der Waals surface area contributed by atoms with Gasteiger partial charge in [0.25, 0.3) is 11.8 Å². The lowest BCUT2D eigenvalue weighted by atomic mass is 10.0. The second-order valence-electron chi connectivity index (χ2n) is 13.2. The Morgan fingerprint density at radius 3 is 2.61 bits per heavy atom. The van der Waals surface area contributed by atoms with E-state index >= 15 is 0 Å². The monoisotopic (exact) mass is 760 g/mol. The quantitative estimate of drug-likeness (QED) is 0.0650. The molecule has 1 saturated heterocycles. The Bertz CT molecular complexity index is 2010. The minimum atomic E-state index is -1.58. The van der Waals surface area contributed by atoms with Gasteiger partial charge in [0, 0.05) is 55.5 Å². The highest BCUT2D eigenvalue weighted by Gasteiger charge is 2.56. The van der Waals surface area contributed by atoms with Gasteiger partial charge in [0.2, 0.25) is 11.1 Å². The van der Waals surface area contributed by atoms with Crippen molar-refractivity contribution in [2.24, 2.45) is 5.16 Å². The number of hydrogen-bond acceptors (Lipinski definition) is 12. The van der Waals surface area contributed by atoms with Gasteiger partial charge >= 0.3 is 17.9 Å². The van der Waals surface area contributed by atoms with Gasteiger partial charge in [-0.05, 0) is 33.3 Å². The van der Waals surface area contributed by atoms with Crippen LogP contribution in [0, 0.1) is 0 Å². The summed E-state index contributed by atoms with van der Waals surface area (Å²) in [5.41, 5.74) is 5.08. The number of β-lactam (4-membered cyclic amide) rings is 1. The number of thioether (sulfide) groups is 1. The number of nitrogens with two attached hydrogens (primary N) is 1. The number of carbonyl (C=O) groups is 5. The molecule has 0 aromatic carbocycles. The van der Waals surface area contributed by atoms with E-state index in [9.17, 15) is 34.2 Å². The average molecular weight is 761 g/mol. The third-order valence-corrected chi connectivity index (χ3v) is 10.8. The number of aryl methyl sites for hydroxylation is 1. The number of anilines is 1. The van der Waals surface area contributed by atoms with Crippen molar-refractivity contribution in [3.05, 3.63) is 51.9 Å². The summed E-state index contributed by atoms with van der Waals surface area (Å²) in [6.07, 6.45) is 4.94. The predicted octanol–water partition coefficient (Wildman–Crippen LogP) is 2.52. The highest BCUT2D eigenvalue weighted by molar-refractivity contribution is 8.00. The van der Waals surface area contributed by atoms with Gasteiger partial charge < -0.3 is 35.4 Å². The van der Waals surface area contributed by atoms with E-state index in [-0.39, 0.29) is 58.4 Å². The van der Waals surface area contributed by atoms with Crippen LogP contribution in [0.5, 0.6) is 0 Å². The number of nitrogens with zero attached hydrogens (tertiary/aromatic N) is 5. The summed E-state index contributed by atoms with van der Waals surface area (Å²) >= 11 is 8.39. The fourth-order valence-electron chi connectivity index (χ4n) is 5.80. The lowest BCUT2D eigenvalue weighted by Gasteiger charge is -2.49. The van der Waals surface area contributed by atoms with Crippen LogP contribution in [-0.2, 0) is 46.6 Å². The lowest BCUT2D eigenvalue weighted by Crippen LogP contribution is -2.71. The predicted molar refractivity (Wildman–Crippen MR) is 186 cm³/mol. The second-order valence-corrected chi connectivity index (χ2v) is 16.0. The molecule has 2 fully saturated rings. The molecule has 0 spiro atoms. The Labute approximate surface area is 304 Å². The number of oxime groups is 1. The van der Waals surface area contributed by atoms with Gasteiger partial charge in [0.05, 0.1) is 0 Å². The van der Waals surface area contributed by atoms with E-state index in [2.05, 4.69) is 15.5 Å². The first-order valence-corrected chi connectivity index (χ1v) is 18.1. The van der Waals surface area contributed by atoms with Crippen LogP contribution in [0.25, 0.3) is 11.0 Å². The Balaban J connectivity index is 1.17. The van der Waals surface area contributed by atoms with Crippen LogP contribution in [0.15, 0.2) is 47.0 Å². The summed E-state index contributed by atoms with van der Waals surface area (Å²) in [6.45, 7) is 6.23. The number of nitrogen functional groups attached to an aromatic ring is 1. The molecule has 3 aromatic heterocycles. The van der Waals surface area contributed by atoms with E-state index in [1.807, 2.05) is 60.5 Å². The first-order chi connectivity index (χ1) is 24.1. The molecule has 2 unspecified atom stereocenters. The normalized spacial score (nSPS) is 19.7. The van der Waals surface area contributed by atoms with Crippen molar-refractivity contribution in [3.63, 3.8) is 0 Å². The first kappa shape index (κ1) is 36.1. The number of amides is 2. The Morgan fingerprint density at radius 1 is 1.24 bits per heavy atom. The second kappa shape index (κ2) is 13.8. The van der Waals surface area contributed by atoms with Gasteiger partial charge in [-0.3, -0.25) is 19.3 Å². The Kier molecular flexibility index (Phi) is 9.77. The highest BCUT2D eigenvalue weighted by Crippen LogP contribution is 2.42. The van der Waals surface area contributed by atoms with Gasteiger partial charge in [-0.15, -0.1) is 11.8 Å². The van der Waals surface area contributed by atoms with Crippen LogP contribution < -0.4 is 15.6 Å². The van der Waals surface area contributed by atoms with Crippen LogP contribution in [0.4, 0.5) is 5.13 Å². The summed E-state index contributed by atoms with van der Waals surface area (Å²) in [6, 6.07) is 4.57. The molecule has 5 N–H and O–H groups in total. The molecule has 6 rings (SSSR count). The molecule has 51 heavy (non-hydrogen) atoms. The number of rotatable bonds is 13. The Morgan fingerprint density at radius 2 is 1.98 bits per heavy atom. The molecule has 16 nitrogen and oxygen atoms in total. The molecule has 19 heteroatoms. The zero-order chi connectivity index (χ0) is 36.8. The molecule has 0 bridgehead atoms. The van der Waals surface area contributed by atoms with Crippen molar-refractivity contribution < 1.29 is 48.3 Å². The van der Waals surface area contributed by atoms with Crippen molar-refractivity contribution in [2.75, 3.05) is 11.5 Å². The number of aromatic nitrogens is 3. The maximum Gasteiger partial charge on any atom is 0.352 e. The summed E-state index contributed by atoms with van der Waals surface area (Å²) in [4.78, 5) is 73.8. The van der Waals surface area contributed by atoms with Gasteiger partial charge in [-0.1, -0.05) is 28.1 Å². The van der Waals surface area contributed by atoms with Gasteiger partial charge in [-0.2, -0.15) is 4.57 Å². The van der Waals surface area contributed by atoms with E-state index in [1.165, 1.54) is 11.8 Å². The van der Waals surface area contributed by atoms with Gasteiger partial charge in [0.15, 0.2) is 23.6 Å². The maximum atomic E-state index is 13.5. The zero-order valence-electron chi connectivity index (χ0n) is 27.8. The van der Waals surface area contributed by atoms with Crippen LogP contribution in [0.2, 0.25) is 4.34 Å². The highest BCUT2D eigenvalue weighted by atomic mass is 35.5. The van der Waals surface area contributed by atoms with E-state index in [0.717, 1.165) is 27.3 Å². The van der Waals surface area contributed by atoms with Crippen molar-refractivity contribution in [2.45, 2.75) is 82.2 Å². The van der Waals surface area contributed by atoms with Crippen molar-refractivity contribution >= 4 is 86.3 Å². The van der Waals surface area contributed by atoms with Crippen LogP contribution >= 0.6 is 34.7 Å². The minimum absolute atomic E-state index is 0.00294. The number of aliphatic carboxylic acids is 2. The van der Waals surface area contributed by atoms with E-state index in [0.29, 0.717) is 18.5 Å². The Hall–Kier alpha value is -4.68. The average Bonchev–Trinajstić information content (AvgIpc) is 3.63. The number of esters is 1.